The zero-order chi connectivity index (χ0) is 12.4. The van der Waals surface area contributed by atoms with Crippen LogP contribution in [-0.4, -0.2) is 15.0 Å². The third-order valence-electron chi connectivity index (χ3n) is 3.07. The number of rotatable bonds is 4. The summed E-state index contributed by atoms with van der Waals surface area (Å²) in [4.78, 5) is 13.6. The molecule has 0 fully saturated rings. The number of imidazole rings is 1. The third kappa shape index (κ3) is 2.29. The first-order chi connectivity index (χ1) is 8.83. The number of hydrogen-bond donors (Lipinski definition) is 1. The van der Waals surface area contributed by atoms with Crippen LogP contribution in [0, 0.1) is 6.92 Å². The quantitative estimate of drug-likeness (QED) is 0.777. The molecule has 0 aliphatic heterocycles. The molecule has 0 aliphatic rings. The van der Waals surface area contributed by atoms with Crippen molar-refractivity contribution in [2.45, 2.75) is 26.2 Å². The number of nitrogens with zero attached hydrogens (tertiary/aromatic N) is 2. The molecule has 0 saturated heterocycles. The lowest BCUT2D eigenvalue weighted by molar-refractivity contribution is 0.793. The van der Waals surface area contributed by atoms with Crippen LogP contribution in [0.4, 0.5) is 0 Å². The molecule has 0 amide bonds. The van der Waals surface area contributed by atoms with Gasteiger partial charge in [0.25, 0.3) is 0 Å². The fourth-order valence-corrected chi connectivity index (χ4v) is 2.84. The average molecular weight is 257 g/mol. The lowest BCUT2D eigenvalue weighted by Gasteiger charge is -1.95. The summed E-state index contributed by atoms with van der Waals surface area (Å²) in [6, 6.07) is 6.30. The van der Waals surface area contributed by atoms with Crippen molar-refractivity contribution in [2.24, 2.45) is 0 Å². The first-order valence-corrected chi connectivity index (χ1v) is 7.03. The first kappa shape index (κ1) is 11.4. The van der Waals surface area contributed by atoms with Crippen LogP contribution in [0.2, 0.25) is 0 Å². The van der Waals surface area contributed by atoms with Gasteiger partial charge in [0, 0.05) is 17.5 Å². The number of H-pyrrole nitrogens is 1. The Labute approximate surface area is 110 Å². The van der Waals surface area contributed by atoms with E-state index in [1.165, 1.54) is 10.4 Å². The van der Waals surface area contributed by atoms with E-state index in [0.717, 1.165) is 36.3 Å². The number of pyridine rings is 1. The van der Waals surface area contributed by atoms with Gasteiger partial charge in [0.1, 0.15) is 5.82 Å². The topological polar surface area (TPSA) is 41.6 Å². The lowest BCUT2D eigenvalue weighted by atomic mass is 10.2. The fourth-order valence-electron chi connectivity index (χ4n) is 2.09. The number of aryl methyl sites for hydroxylation is 3. The van der Waals surface area contributed by atoms with Crippen LogP contribution < -0.4 is 0 Å². The zero-order valence-electron chi connectivity index (χ0n) is 10.3. The molecular weight excluding hydrogens is 242 g/mol. The Morgan fingerprint density at radius 1 is 1.28 bits per heavy atom. The van der Waals surface area contributed by atoms with Crippen LogP contribution >= 0.6 is 11.3 Å². The van der Waals surface area contributed by atoms with Crippen molar-refractivity contribution in [2.75, 3.05) is 0 Å². The maximum Gasteiger partial charge on any atom is 0.177 e. The van der Waals surface area contributed by atoms with Crippen LogP contribution in [0.15, 0.2) is 29.8 Å². The Hall–Kier alpha value is -1.68. The summed E-state index contributed by atoms with van der Waals surface area (Å²) >= 11 is 1.82. The third-order valence-corrected chi connectivity index (χ3v) is 4.00. The molecule has 92 valence electrons. The second-order valence-corrected chi connectivity index (χ2v) is 5.48. The minimum atomic E-state index is 0.834. The Balaban J connectivity index is 1.69. The molecule has 0 saturated carbocycles. The predicted octanol–water partition coefficient (Wildman–Crippen LogP) is 3.50. The number of fused-ring (bicyclic) bond motifs is 1. The molecule has 0 spiro atoms. The van der Waals surface area contributed by atoms with E-state index in [9.17, 15) is 0 Å². The molecule has 18 heavy (non-hydrogen) atoms. The number of thiophene rings is 1. The summed E-state index contributed by atoms with van der Waals surface area (Å²) in [5.74, 6) is 1.04. The van der Waals surface area contributed by atoms with E-state index in [4.69, 9.17) is 0 Å². The van der Waals surface area contributed by atoms with Gasteiger partial charge in [-0.05, 0) is 42.8 Å². The van der Waals surface area contributed by atoms with Crippen molar-refractivity contribution in [3.63, 3.8) is 0 Å². The number of aromatic nitrogens is 3. The van der Waals surface area contributed by atoms with Gasteiger partial charge in [-0.2, -0.15) is 0 Å². The van der Waals surface area contributed by atoms with Crippen molar-refractivity contribution in [1.29, 1.82) is 0 Å². The van der Waals surface area contributed by atoms with E-state index in [1.807, 2.05) is 23.6 Å². The van der Waals surface area contributed by atoms with E-state index in [-0.39, 0.29) is 0 Å². The maximum atomic E-state index is 4.53. The molecule has 3 rings (SSSR count). The van der Waals surface area contributed by atoms with Crippen LogP contribution in [0.25, 0.3) is 11.2 Å². The SMILES string of the molecule is Cc1ccnc2nc(CCCc3cccs3)[nH]c12. The molecule has 1 N–H and O–H groups in total. The van der Waals surface area contributed by atoms with Crippen LogP contribution in [0.1, 0.15) is 22.7 Å². The molecule has 0 aromatic carbocycles. The fraction of sp³-hybridized carbons (Fsp3) is 0.286. The van der Waals surface area contributed by atoms with Crippen molar-refractivity contribution in [3.05, 3.63) is 46.0 Å². The molecule has 3 aromatic heterocycles. The minimum absolute atomic E-state index is 0.834. The van der Waals surface area contributed by atoms with E-state index in [0.29, 0.717) is 0 Å². The molecular formula is C14H15N3S. The average Bonchev–Trinajstić information content (AvgIpc) is 2.98. The summed E-state index contributed by atoms with van der Waals surface area (Å²) in [5, 5.41) is 2.13. The molecule has 0 radical (unpaired) electrons. The summed E-state index contributed by atoms with van der Waals surface area (Å²) in [5.41, 5.74) is 3.11. The minimum Gasteiger partial charge on any atom is -0.340 e. The molecule has 0 atom stereocenters. The summed E-state index contributed by atoms with van der Waals surface area (Å²) < 4.78 is 0. The van der Waals surface area contributed by atoms with Gasteiger partial charge in [-0.25, -0.2) is 9.97 Å². The van der Waals surface area contributed by atoms with Crippen LogP contribution in [0.5, 0.6) is 0 Å². The van der Waals surface area contributed by atoms with Gasteiger partial charge in [0.2, 0.25) is 0 Å². The van der Waals surface area contributed by atoms with Crippen LogP contribution in [0.3, 0.4) is 0 Å². The number of hydrogen-bond acceptors (Lipinski definition) is 3. The molecule has 3 nitrogen and oxygen atoms in total. The molecule has 4 heteroatoms. The first-order valence-electron chi connectivity index (χ1n) is 6.15. The second kappa shape index (κ2) is 4.90. The van der Waals surface area contributed by atoms with E-state index in [2.05, 4.69) is 39.4 Å². The van der Waals surface area contributed by atoms with Gasteiger partial charge in [-0.3, -0.25) is 0 Å². The predicted molar refractivity (Wildman–Crippen MR) is 75.0 cm³/mol. The van der Waals surface area contributed by atoms with Crippen molar-refractivity contribution >= 4 is 22.5 Å². The highest BCUT2D eigenvalue weighted by atomic mass is 32.1. The highest BCUT2D eigenvalue weighted by molar-refractivity contribution is 7.09. The zero-order valence-corrected chi connectivity index (χ0v) is 11.1. The molecule has 0 unspecified atom stereocenters. The van der Waals surface area contributed by atoms with Crippen molar-refractivity contribution < 1.29 is 0 Å². The Kier molecular flexibility index (Phi) is 3.11. The van der Waals surface area contributed by atoms with Gasteiger partial charge < -0.3 is 4.98 Å². The number of nitrogens with one attached hydrogen (secondary N) is 1. The van der Waals surface area contributed by atoms with Gasteiger partial charge in [0.05, 0.1) is 5.52 Å². The van der Waals surface area contributed by atoms with Gasteiger partial charge in [-0.15, -0.1) is 11.3 Å². The maximum absolute atomic E-state index is 4.53. The van der Waals surface area contributed by atoms with Gasteiger partial charge in [-0.1, -0.05) is 6.07 Å². The Morgan fingerprint density at radius 3 is 3.00 bits per heavy atom. The monoisotopic (exact) mass is 257 g/mol. The van der Waals surface area contributed by atoms with E-state index in [1.54, 1.807) is 0 Å². The molecule has 3 heterocycles. The standard InChI is InChI=1S/C14H15N3S/c1-10-7-8-15-14-13(10)16-12(17-14)6-2-4-11-5-3-9-18-11/h3,5,7-9H,2,4,6H2,1H3,(H,15,16,17). The van der Waals surface area contributed by atoms with E-state index >= 15 is 0 Å². The summed E-state index contributed by atoms with van der Waals surface area (Å²) in [7, 11) is 0. The van der Waals surface area contributed by atoms with Crippen LogP contribution in [-0.2, 0) is 12.8 Å². The van der Waals surface area contributed by atoms with Crippen molar-refractivity contribution in [1.82, 2.24) is 15.0 Å². The highest BCUT2D eigenvalue weighted by Gasteiger charge is 2.05. The van der Waals surface area contributed by atoms with Crippen molar-refractivity contribution in [3.8, 4) is 0 Å². The molecule has 0 aliphatic carbocycles. The van der Waals surface area contributed by atoms with Gasteiger partial charge >= 0.3 is 0 Å². The lowest BCUT2D eigenvalue weighted by Crippen LogP contribution is -1.90. The summed E-state index contributed by atoms with van der Waals surface area (Å²) in [6.07, 6.45) is 5.04. The highest BCUT2D eigenvalue weighted by Crippen LogP contribution is 2.15. The smallest absolute Gasteiger partial charge is 0.177 e. The molecule has 3 aromatic rings. The van der Waals surface area contributed by atoms with E-state index < -0.39 is 0 Å². The normalized spacial score (nSPS) is 11.2. The Bertz CT molecular complexity index is 640. The number of aromatic amines is 1. The van der Waals surface area contributed by atoms with Gasteiger partial charge in [0.15, 0.2) is 5.65 Å². The second-order valence-electron chi connectivity index (χ2n) is 4.44. The Morgan fingerprint density at radius 2 is 2.22 bits per heavy atom. The molecule has 0 bridgehead atoms. The largest absolute Gasteiger partial charge is 0.340 e. The summed E-state index contributed by atoms with van der Waals surface area (Å²) in [6.45, 7) is 2.08.